The average Bonchev–Trinajstić information content (AvgIpc) is 3.16. The Hall–Kier alpha value is -3.16. The van der Waals surface area contributed by atoms with Crippen molar-refractivity contribution in [2.75, 3.05) is 19.8 Å². The number of phosphoric acid groups is 1. The Morgan fingerprint density at radius 2 is 1.20 bits per heavy atom. The number of aliphatic carboxylic acids is 1. The first-order chi connectivity index (χ1) is 26.9. The van der Waals surface area contributed by atoms with Crippen LogP contribution in [0.5, 0.6) is 0 Å². The number of rotatable bonds is 36. The van der Waals surface area contributed by atoms with Crippen LogP contribution in [0.2, 0.25) is 0 Å². The van der Waals surface area contributed by atoms with Crippen LogP contribution in [-0.2, 0) is 37.5 Å². The molecule has 6 N–H and O–H groups in total. The quantitative estimate of drug-likeness (QED) is 0.0133. The van der Waals surface area contributed by atoms with E-state index in [1.165, 1.54) is 44.9 Å². The minimum atomic E-state index is -4.76. The first-order valence-corrected chi connectivity index (χ1v) is 21.7. The molecule has 0 fully saturated rings. The van der Waals surface area contributed by atoms with Crippen molar-refractivity contribution in [3.8, 4) is 0 Å². The monoisotopic (exact) mass is 811 g/mol. The third-order valence-corrected chi connectivity index (χ3v) is 9.10. The van der Waals surface area contributed by atoms with E-state index in [9.17, 15) is 34.1 Å². The number of esters is 2. The molecule has 0 amide bonds. The van der Waals surface area contributed by atoms with Gasteiger partial charge in [0.15, 0.2) is 6.10 Å². The molecular formula is C42H70NO12P. The van der Waals surface area contributed by atoms with E-state index in [-0.39, 0.29) is 12.8 Å². The second kappa shape index (κ2) is 36.2. The summed E-state index contributed by atoms with van der Waals surface area (Å²) in [4.78, 5) is 45.8. The summed E-state index contributed by atoms with van der Waals surface area (Å²) in [6.45, 7) is 2.40. The Balaban J connectivity index is 4.67. The molecule has 1 unspecified atom stereocenters. The van der Waals surface area contributed by atoms with E-state index >= 15 is 0 Å². The van der Waals surface area contributed by atoms with Crippen molar-refractivity contribution < 1.29 is 57.7 Å². The summed E-state index contributed by atoms with van der Waals surface area (Å²) in [6, 6.07) is -1.55. The fourth-order valence-corrected chi connectivity index (χ4v) is 5.69. The third-order valence-electron chi connectivity index (χ3n) is 8.15. The van der Waals surface area contributed by atoms with Crippen molar-refractivity contribution in [1.29, 1.82) is 0 Å². The van der Waals surface area contributed by atoms with E-state index in [0.717, 1.165) is 25.7 Å². The highest BCUT2D eigenvalue weighted by Crippen LogP contribution is 2.43. The molecule has 0 saturated heterocycles. The Morgan fingerprint density at radius 1 is 0.661 bits per heavy atom. The molecule has 0 spiro atoms. The molecule has 0 aliphatic carbocycles. The Bertz CT molecular complexity index is 1260. The highest BCUT2D eigenvalue weighted by atomic mass is 31.2. The van der Waals surface area contributed by atoms with E-state index in [1.54, 1.807) is 42.5 Å². The van der Waals surface area contributed by atoms with Crippen LogP contribution in [0.25, 0.3) is 0 Å². The van der Waals surface area contributed by atoms with Gasteiger partial charge in [-0.2, -0.15) is 0 Å². The fraction of sp³-hybridized carbons (Fsp3) is 0.643. The molecule has 0 aromatic heterocycles. The van der Waals surface area contributed by atoms with E-state index in [1.807, 2.05) is 37.3 Å². The summed E-state index contributed by atoms with van der Waals surface area (Å²) in [6.07, 6.45) is 34.8. The van der Waals surface area contributed by atoms with Gasteiger partial charge in [0.25, 0.3) is 0 Å². The SMILES string of the molecule is CC/C=C\C[C@H](O)/C=C/C=C\C=C\[C@H](O)C/C=C\C/C=C\CCC(=O)O[C@H](COC(=O)CCCCCCCCCCCCC)COP(=O)(O)OC[C@H](N)C(=O)O. The highest BCUT2D eigenvalue weighted by Gasteiger charge is 2.28. The van der Waals surface area contributed by atoms with Crippen molar-refractivity contribution in [2.24, 2.45) is 5.73 Å². The van der Waals surface area contributed by atoms with Gasteiger partial charge in [0.2, 0.25) is 0 Å². The van der Waals surface area contributed by atoms with Gasteiger partial charge >= 0.3 is 25.7 Å². The van der Waals surface area contributed by atoms with Gasteiger partial charge in [-0.1, -0.05) is 151 Å². The first kappa shape index (κ1) is 52.8. The summed E-state index contributed by atoms with van der Waals surface area (Å²) in [5.74, 6) is -2.58. The van der Waals surface area contributed by atoms with Crippen LogP contribution in [0, 0.1) is 0 Å². The van der Waals surface area contributed by atoms with Crippen LogP contribution >= 0.6 is 7.82 Å². The van der Waals surface area contributed by atoms with Crippen molar-refractivity contribution in [1.82, 2.24) is 0 Å². The van der Waals surface area contributed by atoms with Crippen molar-refractivity contribution in [2.45, 2.75) is 154 Å². The summed E-state index contributed by atoms with van der Waals surface area (Å²) in [5.41, 5.74) is 5.31. The maximum Gasteiger partial charge on any atom is 0.472 e. The molecule has 0 bridgehead atoms. The predicted molar refractivity (Wildman–Crippen MR) is 219 cm³/mol. The van der Waals surface area contributed by atoms with E-state index in [0.29, 0.717) is 32.1 Å². The van der Waals surface area contributed by atoms with E-state index in [4.69, 9.17) is 24.8 Å². The molecule has 0 aliphatic rings. The molecule has 0 rings (SSSR count). The van der Waals surface area contributed by atoms with Crippen LogP contribution in [0.1, 0.15) is 129 Å². The standard InChI is InChI=1S/C42H70NO12P/c1-3-5-7-8-9-10-11-12-13-17-25-31-40(46)52-33-38(34-53-56(50,51)54-35-39(43)42(48)49)55-41(47)32-26-18-15-14-16-22-28-37(45)30-24-20-19-23-29-36(44)27-21-6-4-2/h6,15-16,18-24,29-30,36-39,44-45H,3-5,7-14,17,25-28,31-35,43H2,1-2H3,(H,48,49)(H,50,51)/b18-15-,20-19-,21-6-,22-16-,29-23+,30-24+/t36-,37+,38+,39-/m0/s1. The number of hydrogen-bond donors (Lipinski definition) is 5. The number of carbonyl (C=O) groups excluding carboxylic acids is 2. The molecule has 320 valence electrons. The van der Waals surface area contributed by atoms with Crippen LogP contribution in [0.4, 0.5) is 0 Å². The lowest BCUT2D eigenvalue weighted by Gasteiger charge is -2.20. The lowest BCUT2D eigenvalue weighted by atomic mass is 10.1. The van der Waals surface area contributed by atoms with Crippen LogP contribution < -0.4 is 5.73 Å². The fourth-order valence-electron chi connectivity index (χ4n) is 4.91. The number of phosphoric ester groups is 1. The minimum absolute atomic E-state index is 0.0226. The van der Waals surface area contributed by atoms with Gasteiger partial charge in [0, 0.05) is 12.8 Å². The smallest absolute Gasteiger partial charge is 0.472 e. The Kier molecular flexibility index (Phi) is 34.2. The van der Waals surface area contributed by atoms with Gasteiger partial charge in [-0.25, -0.2) is 4.57 Å². The topological polar surface area (TPSA) is 212 Å². The zero-order chi connectivity index (χ0) is 41.7. The molecular weight excluding hydrogens is 741 g/mol. The van der Waals surface area contributed by atoms with Crippen LogP contribution in [0.15, 0.2) is 72.9 Å². The average molecular weight is 812 g/mol. The number of aliphatic hydroxyl groups excluding tert-OH is 2. The maximum atomic E-state index is 12.6. The number of carboxylic acid groups (broad SMARTS) is 1. The van der Waals surface area contributed by atoms with Gasteiger partial charge in [-0.3, -0.25) is 23.4 Å². The molecule has 5 atom stereocenters. The van der Waals surface area contributed by atoms with Crippen molar-refractivity contribution in [3.63, 3.8) is 0 Å². The van der Waals surface area contributed by atoms with Gasteiger partial charge in [-0.05, 0) is 38.5 Å². The number of unbranched alkanes of at least 4 members (excludes halogenated alkanes) is 10. The lowest BCUT2D eigenvalue weighted by molar-refractivity contribution is -0.161. The van der Waals surface area contributed by atoms with Crippen LogP contribution in [-0.4, -0.2) is 82.3 Å². The Morgan fingerprint density at radius 3 is 1.77 bits per heavy atom. The number of hydrogen-bond acceptors (Lipinski definition) is 11. The lowest BCUT2D eigenvalue weighted by Crippen LogP contribution is -2.34. The van der Waals surface area contributed by atoms with Crippen molar-refractivity contribution in [3.05, 3.63) is 72.9 Å². The number of carboxylic acids is 1. The summed E-state index contributed by atoms with van der Waals surface area (Å²) in [5, 5.41) is 28.8. The molecule has 0 aliphatic heterocycles. The highest BCUT2D eigenvalue weighted by molar-refractivity contribution is 7.47. The van der Waals surface area contributed by atoms with E-state index < -0.39 is 69.9 Å². The number of aliphatic hydroxyl groups is 2. The van der Waals surface area contributed by atoms with Crippen molar-refractivity contribution >= 4 is 25.7 Å². The molecule has 0 radical (unpaired) electrons. The number of nitrogens with two attached hydrogens (primary N) is 1. The first-order valence-electron chi connectivity index (χ1n) is 20.2. The molecule has 0 aromatic carbocycles. The normalized spacial score (nSPS) is 15.7. The second-order valence-electron chi connectivity index (χ2n) is 13.4. The Labute approximate surface area is 335 Å². The second-order valence-corrected chi connectivity index (χ2v) is 14.9. The summed E-state index contributed by atoms with van der Waals surface area (Å²) < 4.78 is 32.4. The predicted octanol–water partition coefficient (Wildman–Crippen LogP) is 8.11. The third kappa shape index (κ3) is 35.3. The van der Waals surface area contributed by atoms with Gasteiger partial charge < -0.3 is 35.4 Å². The molecule has 0 heterocycles. The number of allylic oxidation sites excluding steroid dienone is 8. The molecule has 0 aromatic rings. The van der Waals surface area contributed by atoms with Gasteiger partial charge in [-0.15, -0.1) is 0 Å². The zero-order valence-corrected chi connectivity index (χ0v) is 34.6. The molecule has 56 heavy (non-hydrogen) atoms. The van der Waals surface area contributed by atoms with Gasteiger partial charge in [0.05, 0.1) is 25.4 Å². The van der Waals surface area contributed by atoms with E-state index in [2.05, 4.69) is 11.4 Å². The van der Waals surface area contributed by atoms with Crippen LogP contribution in [0.3, 0.4) is 0 Å². The molecule has 14 heteroatoms. The summed E-state index contributed by atoms with van der Waals surface area (Å²) >= 11 is 0. The molecule has 0 saturated carbocycles. The van der Waals surface area contributed by atoms with Gasteiger partial charge in [0.1, 0.15) is 12.6 Å². The maximum absolute atomic E-state index is 12.6. The number of carbonyl (C=O) groups is 3. The number of ether oxygens (including phenoxy) is 2. The molecule has 13 nitrogen and oxygen atoms in total. The zero-order valence-electron chi connectivity index (χ0n) is 33.7. The minimum Gasteiger partial charge on any atom is -0.480 e. The largest absolute Gasteiger partial charge is 0.480 e. The summed E-state index contributed by atoms with van der Waals surface area (Å²) in [7, 11) is -4.76.